The van der Waals surface area contributed by atoms with Crippen molar-refractivity contribution in [1.29, 1.82) is 0 Å². The molecule has 0 spiro atoms. The van der Waals surface area contributed by atoms with E-state index >= 15 is 0 Å². The van der Waals surface area contributed by atoms with Gasteiger partial charge in [-0.3, -0.25) is 0 Å². The topological polar surface area (TPSA) is 21.3 Å². The molecule has 0 heterocycles. The first kappa shape index (κ1) is 13.1. The van der Waals surface area contributed by atoms with Crippen molar-refractivity contribution in [2.75, 3.05) is 7.11 Å². The third kappa shape index (κ3) is 3.80. The van der Waals surface area contributed by atoms with Gasteiger partial charge in [-0.1, -0.05) is 28.1 Å². The van der Waals surface area contributed by atoms with E-state index in [2.05, 4.69) is 52.4 Å². The first-order valence-corrected chi connectivity index (χ1v) is 7.00. The highest BCUT2D eigenvalue weighted by molar-refractivity contribution is 9.10. The first-order valence-electron chi connectivity index (χ1n) is 6.20. The van der Waals surface area contributed by atoms with Gasteiger partial charge in [-0.2, -0.15) is 0 Å². The summed E-state index contributed by atoms with van der Waals surface area (Å²) in [6.07, 6.45) is 3.87. The number of hydrogen-bond acceptors (Lipinski definition) is 2. The summed E-state index contributed by atoms with van der Waals surface area (Å²) in [6.45, 7) is 2.25. The highest BCUT2D eigenvalue weighted by Gasteiger charge is 2.29. The third-order valence-corrected chi connectivity index (χ3v) is 3.93. The molecule has 1 aliphatic carbocycles. The van der Waals surface area contributed by atoms with Crippen LogP contribution in [0.25, 0.3) is 0 Å². The molecule has 1 atom stereocenters. The third-order valence-electron chi connectivity index (χ3n) is 3.40. The van der Waals surface area contributed by atoms with Gasteiger partial charge in [0, 0.05) is 23.7 Å². The Hall–Kier alpha value is -0.380. The minimum atomic E-state index is 0.479. The maximum absolute atomic E-state index is 5.28. The largest absolute Gasteiger partial charge is 0.381 e. The maximum Gasteiger partial charge on any atom is 0.0601 e. The molecule has 1 aromatic carbocycles. The monoisotopic (exact) mass is 297 g/mol. The van der Waals surface area contributed by atoms with E-state index in [9.17, 15) is 0 Å². The first-order chi connectivity index (χ1) is 8.17. The van der Waals surface area contributed by atoms with Gasteiger partial charge in [0.1, 0.15) is 0 Å². The molecule has 94 valence electrons. The number of nitrogens with one attached hydrogen (secondary N) is 1. The summed E-state index contributed by atoms with van der Waals surface area (Å²) in [7, 11) is 1.80. The number of halogens is 1. The summed E-state index contributed by atoms with van der Waals surface area (Å²) in [5, 5.41) is 3.65. The van der Waals surface area contributed by atoms with Crippen LogP contribution in [-0.4, -0.2) is 25.3 Å². The molecule has 1 aliphatic rings. The molecule has 1 unspecified atom stereocenters. The van der Waals surface area contributed by atoms with Crippen molar-refractivity contribution in [3.8, 4) is 0 Å². The van der Waals surface area contributed by atoms with Crippen LogP contribution in [0.2, 0.25) is 0 Å². The molecule has 0 saturated heterocycles. The Bertz CT molecular complexity index is 346. The molecule has 0 aromatic heterocycles. The van der Waals surface area contributed by atoms with Crippen LogP contribution < -0.4 is 5.32 Å². The molecule has 0 bridgehead atoms. The second-order valence-electron chi connectivity index (χ2n) is 4.92. The zero-order chi connectivity index (χ0) is 12.3. The second kappa shape index (κ2) is 5.98. The molecule has 2 nitrogen and oxygen atoms in total. The van der Waals surface area contributed by atoms with Gasteiger partial charge in [0.05, 0.1) is 6.10 Å². The van der Waals surface area contributed by atoms with Crippen molar-refractivity contribution in [2.24, 2.45) is 0 Å². The van der Waals surface area contributed by atoms with E-state index in [0.717, 1.165) is 23.7 Å². The minimum absolute atomic E-state index is 0.479. The van der Waals surface area contributed by atoms with Crippen molar-refractivity contribution in [2.45, 2.75) is 44.4 Å². The van der Waals surface area contributed by atoms with Crippen LogP contribution in [0.5, 0.6) is 0 Å². The van der Waals surface area contributed by atoms with Crippen LogP contribution in [0.4, 0.5) is 0 Å². The van der Waals surface area contributed by atoms with Gasteiger partial charge < -0.3 is 10.1 Å². The molecule has 1 fully saturated rings. The number of ether oxygens (including phenoxy) is 1. The van der Waals surface area contributed by atoms with E-state index in [4.69, 9.17) is 4.74 Å². The zero-order valence-corrected chi connectivity index (χ0v) is 12.0. The Morgan fingerprint density at radius 2 is 2.00 bits per heavy atom. The molecule has 0 radical (unpaired) electrons. The van der Waals surface area contributed by atoms with Gasteiger partial charge in [-0.25, -0.2) is 0 Å². The normalized spacial score (nSPS) is 25.4. The van der Waals surface area contributed by atoms with E-state index in [1.807, 2.05) is 0 Å². The summed E-state index contributed by atoms with van der Waals surface area (Å²) < 4.78 is 6.43. The Morgan fingerprint density at radius 1 is 1.35 bits per heavy atom. The molecule has 0 aliphatic heterocycles. The predicted molar refractivity (Wildman–Crippen MR) is 74.3 cm³/mol. The van der Waals surface area contributed by atoms with Gasteiger partial charge >= 0.3 is 0 Å². The lowest BCUT2D eigenvalue weighted by molar-refractivity contribution is 0.0148. The maximum atomic E-state index is 5.28. The summed E-state index contributed by atoms with van der Waals surface area (Å²) in [6, 6.07) is 9.74. The Labute approximate surface area is 112 Å². The van der Waals surface area contributed by atoms with Crippen LogP contribution in [0, 0.1) is 0 Å². The predicted octanol–water partition coefficient (Wildman–Crippen LogP) is 3.15. The van der Waals surface area contributed by atoms with Crippen LogP contribution in [-0.2, 0) is 11.2 Å². The highest BCUT2D eigenvalue weighted by atomic mass is 79.9. The zero-order valence-electron chi connectivity index (χ0n) is 10.4. The Kier molecular flexibility index (Phi) is 4.60. The van der Waals surface area contributed by atoms with Crippen molar-refractivity contribution in [1.82, 2.24) is 5.32 Å². The van der Waals surface area contributed by atoms with Crippen LogP contribution in [0.3, 0.4) is 0 Å². The molecule has 1 aromatic rings. The molecule has 17 heavy (non-hydrogen) atoms. The fourth-order valence-electron chi connectivity index (χ4n) is 2.33. The van der Waals surface area contributed by atoms with Crippen molar-refractivity contribution in [3.05, 3.63) is 34.3 Å². The Balaban J connectivity index is 1.74. The molecule has 2 rings (SSSR count). The Morgan fingerprint density at radius 3 is 2.59 bits per heavy atom. The number of rotatable bonds is 5. The number of methoxy groups -OCH3 is 1. The number of hydrogen-bond donors (Lipinski definition) is 1. The summed E-state index contributed by atoms with van der Waals surface area (Å²) in [5.74, 6) is 0. The summed E-state index contributed by atoms with van der Waals surface area (Å²) >= 11 is 3.46. The molecular weight excluding hydrogens is 278 g/mol. The lowest BCUT2D eigenvalue weighted by Crippen LogP contribution is -2.48. The number of benzene rings is 1. The van der Waals surface area contributed by atoms with Crippen molar-refractivity contribution in [3.63, 3.8) is 0 Å². The van der Waals surface area contributed by atoms with E-state index in [1.165, 1.54) is 5.56 Å². The van der Waals surface area contributed by atoms with Crippen molar-refractivity contribution < 1.29 is 4.74 Å². The molecule has 3 heteroatoms. The van der Waals surface area contributed by atoms with Gasteiger partial charge in [-0.05, 0) is 43.9 Å². The SMILES string of the molecule is COC1CC(NC(C)Cc2ccc(Br)cc2)C1. The average molecular weight is 298 g/mol. The van der Waals surface area contributed by atoms with Gasteiger partial charge in [0.2, 0.25) is 0 Å². The van der Waals surface area contributed by atoms with E-state index in [0.29, 0.717) is 18.2 Å². The van der Waals surface area contributed by atoms with E-state index in [1.54, 1.807) is 7.11 Å². The van der Waals surface area contributed by atoms with Crippen LogP contribution in [0.1, 0.15) is 25.3 Å². The average Bonchev–Trinajstić information content (AvgIpc) is 2.26. The second-order valence-corrected chi connectivity index (χ2v) is 5.84. The van der Waals surface area contributed by atoms with Crippen molar-refractivity contribution >= 4 is 15.9 Å². The van der Waals surface area contributed by atoms with Crippen LogP contribution >= 0.6 is 15.9 Å². The van der Waals surface area contributed by atoms with E-state index in [-0.39, 0.29) is 0 Å². The highest BCUT2D eigenvalue weighted by Crippen LogP contribution is 2.23. The fraction of sp³-hybridized carbons (Fsp3) is 0.571. The molecule has 1 saturated carbocycles. The quantitative estimate of drug-likeness (QED) is 0.901. The van der Waals surface area contributed by atoms with Gasteiger partial charge in [0.25, 0.3) is 0 Å². The lowest BCUT2D eigenvalue weighted by Gasteiger charge is -2.36. The standard InChI is InChI=1S/C14H20BrNO/c1-10(16-13-8-14(9-13)17-2)7-11-3-5-12(15)6-4-11/h3-6,10,13-14,16H,7-9H2,1-2H3. The minimum Gasteiger partial charge on any atom is -0.381 e. The fourth-order valence-corrected chi connectivity index (χ4v) is 2.59. The molecule has 1 N–H and O–H groups in total. The van der Waals surface area contributed by atoms with Crippen LogP contribution in [0.15, 0.2) is 28.7 Å². The summed E-state index contributed by atoms with van der Waals surface area (Å²) in [4.78, 5) is 0. The lowest BCUT2D eigenvalue weighted by atomic mass is 9.88. The summed E-state index contributed by atoms with van der Waals surface area (Å²) in [5.41, 5.74) is 1.39. The van der Waals surface area contributed by atoms with E-state index < -0.39 is 0 Å². The molecule has 0 amide bonds. The molecular formula is C14H20BrNO. The van der Waals surface area contributed by atoms with Gasteiger partial charge in [-0.15, -0.1) is 0 Å². The smallest absolute Gasteiger partial charge is 0.0601 e. The van der Waals surface area contributed by atoms with Gasteiger partial charge in [0.15, 0.2) is 0 Å².